The number of allylic oxidation sites excluding steroid dienone is 5. The zero-order chi connectivity index (χ0) is 18.2. The van der Waals surface area contributed by atoms with Crippen LogP contribution in [0, 0.1) is 11.3 Å². The molecule has 1 N–H and O–H groups in total. The maximum atomic E-state index is 9.58. The molecule has 0 unspecified atom stereocenters. The van der Waals surface area contributed by atoms with Gasteiger partial charge in [0.05, 0.1) is 5.69 Å². The van der Waals surface area contributed by atoms with Crippen molar-refractivity contribution in [3.05, 3.63) is 47.2 Å². The number of hydrogen-bond donors (Lipinski definition) is 1. The van der Waals surface area contributed by atoms with Crippen molar-refractivity contribution in [1.29, 1.82) is 5.26 Å². The van der Waals surface area contributed by atoms with Crippen molar-refractivity contribution in [1.82, 2.24) is 19.6 Å². The number of rotatable bonds is 8. The third-order valence-electron chi connectivity index (χ3n) is 3.25. The number of hydrogen-bond acceptors (Lipinski definition) is 6. The van der Waals surface area contributed by atoms with Crippen LogP contribution < -0.4 is 5.32 Å². The van der Waals surface area contributed by atoms with E-state index in [1.165, 1.54) is 11.8 Å². The molecule has 2 aromatic rings. The van der Waals surface area contributed by atoms with E-state index in [-0.39, 0.29) is 0 Å². The molecule has 0 aliphatic carbocycles. The van der Waals surface area contributed by atoms with E-state index in [1.54, 1.807) is 22.7 Å². The second-order valence-corrected chi connectivity index (χ2v) is 6.25. The molecule has 2 rings (SSSR count). The summed E-state index contributed by atoms with van der Waals surface area (Å²) in [7, 11) is 0. The summed E-state index contributed by atoms with van der Waals surface area (Å²) in [5.41, 5.74) is 1.23. The molecular formula is C17H19ClN6S. The summed E-state index contributed by atoms with van der Waals surface area (Å²) in [6, 6.07) is 2.23. The van der Waals surface area contributed by atoms with Crippen LogP contribution in [0.25, 0.3) is 5.78 Å². The maximum Gasteiger partial charge on any atom is 0.255 e. The number of fused-ring (bicyclic) bond motifs is 1. The standard InChI is InChI=1S/C17H19ClN6S/c1-4-7-12(18)8-6-9-14-13(11-19)15(25-3)21-17-22-16(20-10-5-2)23-24(14)17/h4,6-8H,1,5,9-10H2,2-3H3,(H,20,23)/b8-6-,12-7+. The molecule has 0 aliphatic rings. The first-order valence-electron chi connectivity index (χ1n) is 7.76. The van der Waals surface area contributed by atoms with E-state index >= 15 is 0 Å². The number of thioether (sulfide) groups is 1. The highest BCUT2D eigenvalue weighted by Crippen LogP contribution is 2.23. The molecule has 0 amide bonds. The van der Waals surface area contributed by atoms with E-state index in [4.69, 9.17) is 11.6 Å². The molecule has 0 bridgehead atoms. The highest BCUT2D eigenvalue weighted by molar-refractivity contribution is 7.98. The van der Waals surface area contributed by atoms with Gasteiger partial charge in [-0.1, -0.05) is 37.3 Å². The van der Waals surface area contributed by atoms with Gasteiger partial charge in [0.15, 0.2) is 0 Å². The van der Waals surface area contributed by atoms with Gasteiger partial charge in [0.25, 0.3) is 5.78 Å². The lowest BCUT2D eigenvalue weighted by molar-refractivity contribution is 0.837. The Morgan fingerprint density at radius 3 is 2.92 bits per heavy atom. The van der Waals surface area contributed by atoms with Crippen LogP contribution in [0.2, 0.25) is 0 Å². The lowest BCUT2D eigenvalue weighted by Crippen LogP contribution is -2.06. The van der Waals surface area contributed by atoms with Crippen molar-refractivity contribution in [2.75, 3.05) is 18.1 Å². The van der Waals surface area contributed by atoms with Crippen molar-refractivity contribution in [2.24, 2.45) is 0 Å². The zero-order valence-corrected chi connectivity index (χ0v) is 15.7. The first-order valence-corrected chi connectivity index (χ1v) is 9.37. The van der Waals surface area contributed by atoms with E-state index in [1.807, 2.05) is 12.3 Å². The molecule has 8 heteroatoms. The number of nitriles is 1. The van der Waals surface area contributed by atoms with Crippen molar-refractivity contribution in [3.63, 3.8) is 0 Å². The van der Waals surface area contributed by atoms with Crippen LogP contribution in [0.4, 0.5) is 5.95 Å². The second kappa shape index (κ2) is 9.25. The van der Waals surface area contributed by atoms with Crippen molar-refractivity contribution in [3.8, 4) is 6.07 Å². The largest absolute Gasteiger partial charge is 0.353 e. The van der Waals surface area contributed by atoms with Crippen molar-refractivity contribution < 1.29 is 0 Å². The molecule has 0 aromatic carbocycles. The molecule has 0 fully saturated rings. The molecule has 0 saturated heterocycles. The van der Waals surface area contributed by atoms with E-state index < -0.39 is 0 Å². The Hall–Kier alpha value is -2.30. The van der Waals surface area contributed by atoms with Gasteiger partial charge < -0.3 is 5.32 Å². The van der Waals surface area contributed by atoms with Gasteiger partial charge in [-0.05, 0) is 24.8 Å². The fourth-order valence-corrected chi connectivity index (χ4v) is 2.86. The van der Waals surface area contributed by atoms with Gasteiger partial charge in [-0.25, -0.2) is 4.98 Å². The molecule has 2 aromatic heterocycles. The molecule has 0 atom stereocenters. The molecular weight excluding hydrogens is 356 g/mol. The second-order valence-electron chi connectivity index (χ2n) is 5.02. The topological polar surface area (TPSA) is 78.9 Å². The first kappa shape index (κ1) is 19.0. The Labute approximate surface area is 156 Å². The van der Waals surface area contributed by atoms with Crippen LogP contribution in [0.1, 0.15) is 24.6 Å². The molecule has 130 valence electrons. The third-order valence-corrected chi connectivity index (χ3v) is 4.19. The summed E-state index contributed by atoms with van der Waals surface area (Å²) in [5, 5.41) is 18.4. The minimum atomic E-state index is 0.470. The molecule has 25 heavy (non-hydrogen) atoms. The van der Waals surface area contributed by atoms with Gasteiger partial charge >= 0.3 is 0 Å². The first-order chi connectivity index (χ1) is 12.1. The fourth-order valence-electron chi connectivity index (χ4n) is 2.14. The minimum Gasteiger partial charge on any atom is -0.353 e. The van der Waals surface area contributed by atoms with Crippen molar-refractivity contribution in [2.45, 2.75) is 24.8 Å². The van der Waals surface area contributed by atoms with E-state index in [2.05, 4.69) is 40.0 Å². The predicted molar refractivity (Wildman–Crippen MR) is 103 cm³/mol. The van der Waals surface area contributed by atoms with Gasteiger partial charge in [0, 0.05) is 18.0 Å². The third kappa shape index (κ3) is 4.62. The van der Waals surface area contributed by atoms with Crippen LogP contribution in [0.15, 0.2) is 40.9 Å². The monoisotopic (exact) mass is 374 g/mol. The highest BCUT2D eigenvalue weighted by Gasteiger charge is 2.17. The number of anilines is 1. The van der Waals surface area contributed by atoms with Crippen LogP contribution in [0.3, 0.4) is 0 Å². The summed E-state index contributed by atoms with van der Waals surface area (Å²) in [4.78, 5) is 8.84. The lowest BCUT2D eigenvalue weighted by Gasteiger charge is -2.07. The van der Waals surface area contributed by atoms with Crippen LogP contribution >= 0.6 is 23.4 Å². The summed E-state index contributed by atoms with van der Waals surface area (Å²) in [5.74, 6) is 0.976. The Morgan fingerprint density at radius 1 is 1.48 bits per heavy atom. The van der Waals surface area contributed by atoms with Gasteiger partial charge in [-0.15, -0.1) is 16.9 Å². The summed E-state index contributed by atoms with van der Waals surface area (Å²) in [6.45, 7) is 6.45. The quantitative estimate of drug-likeness (QED) is 0.428. The number of nitrogens with one attached hydrogen (secondary N) is 1. The predicted octanol–water partition coefficient (Wildman–Crippen LogP) is 3.95. The number of nitrogens with zero attached hydrogens (tertiary/aromatic N) is 5. The normalized spacial score (nSPS) is 11.8. The van der Waals surface area contributed by atoms with E-state index in [0.29, 0.717) is 33.8 Å². The molecule has 0 aliphatic heterocycles. The Morgan fingerprint density at radius 2 is 2.28 bits per heavy atom. The average Bonchev–Trinajstić information content (AvgIpc) is 3.02. The van der Waals surface area contributed by atoms with Crippen LogP contribution in [-0.4, -0.2) is 32.4 Å². The van der Waals surface area contributed by atoms with E-state index in [9.17, 15) is 5.26 Å². The van der Waals surface area contributed by atoms with Gasteiger partial charge in [0.1, 0.15) is 16.7 Å². The smallest absolute Gasteiger partial charge is 0.255 e. The van der Waals surface area contributed by atoms with Gasteiger partial charge in [-0.2, -0.15) is 14.8 Å². The Balaban J connectivity index is 2.49. The van der Waals surface area contributed by atoms with Gasteiger partial charge in [0.2, 0.25) is 5.95 Å². The molecule has 0 radical (unpaired) electrons. The summed E-state index contributed by atoms with van der Waals surface area (Å²) in [6.07, 6.45) is 10.3. The SMILES string of the molecule is C=C/C=C(Cl)\C=C/Cc1c(C#N)c(SC)nc2nc(NCCC)nn12. The highest BCUT2D eigenvalue weighted by atomic mass is 35.5. The van der Waals surface area contributed by atoms with Crippen LogP contribution in [0.5, 0.6) is 0 Å². The summed E-state index contributed by atoms with van der Waals surface area (Å²) >= 11 is 7.45. The zero-order valence-electron chi connectivity index (χ0n) is 14.2. The molecule has 6 nitrogen and oxygen atoms in total. The average molecular weight is 375 g/mol. The Bertz CT molecular complexity index is 862. The van der Waals surface area contributed by atoms with Gasteiger partial charge in [-0.3, -0.25) is 0 Å². The number of halogens is 1. The number of aromatic nitrogens is 4. The Kier molecular flexibility index (Phi) is 7.04. The molecule has 0 spiro atoms. The maximum absolute atomic E-state index is 9.58. The fraction of sp³-hybridized carbons (Fsp3) is 0.294. The molecule has 2 heterocycles. The lowest BCUT2D eigenvalue weighted by atomic mass is 10.2. The minimum absolute atomic E-state index is 0.470. The summed E-state index contributed by atoms with van der Waals surface area (Å²) < 4.78 is 1.62. The molecule has 0 saturated carbocycles. The van der Waals surface area contributed by atoms with E-state index in [0.717, 1.165) is 18.7 Å². The van der Waals surface area contributed by atoms with Crippen molar-refractivity contribution >= 4 is 35.1 Å². The van der Waals surface area contributed by atoms with Crippen LogP contribution in [-0.2, 0) is 6.42 Å².